The molecule has 0 amide bonds. The summed E-state index contributed by atoms with van der Waals surface area (Å²) in [5, 5.41) is 13.2. The first-order valence-electron chi connectivity index (χ1n) is 7.89. The van der Waals surface area contributed by atoms with Crippen LogP contribution < -0.4 is 9.64 Å². The van der Waals surface area contributed by atoms with Gasteiger partial charge in [-0.3, -0.25) is 0 Å². The third kappa shape index (κ3) is 3.02. The van der Waals surface area contributed by atoms with Crippen LogP contribution >= 0.6 is 11.3 Å². The molecule has 3 aromatic rings. The molecule has 0 bridgehead atoms. The van der Waals surface area contributed by atoms with Crippen molar-refractivity contribution >= 4 is 27.9 Å². The molecule has 9 heteroatoms. The molecule has 0 N–H and O–H groups in total. The van der Waals surface area contributed by atoms with Crippen molar-refractivity contribution in [3.8, 4) is 5.75 Å². The summed E-state index contributed by atoms with van der Waals surface area (Å²) < 4.78 is 20.3. The number of nitro groups is 1. The third-order valence-corrected chi connectivity index (χ3v) is 5.01. The quantitative estimate of drug-likeness (QED) is 0.525. The lowest BCUT2D eigenvalue weighted by molar-refractivity contribution is -0.389. The molecule has 0 atom stereocenters. The van der Waals surface area contributed by atoms with Crippen LogP contribution in [0.3, 0.4) is 0 Å². The van der Waals surface area contributed by atoms with Gasteiger partial charge in [0.15, 0.2) is 0 Å². The molecule has 1 aliphatic heterocycles. The van der Waals surface area contributed by atoms with E-state index < -0.39 is 0 Å². The minimum atomic E-state index is -0.386. The van der Waals surface area contributed by atoms with Crippen LogP contribution in [0.15, 0.2) is 35.8 Å². The van der Waals surface area contributed by atoms with Gasteiger partial charge in [-0.25, -0.2) is 4.39 Å². The van der Waals surface area contributed by atoms with Gasteiger partial charge >= 0.3 is 5.82 Å². The van der Waals surface area contributed by atoms with Crippen molar-refractivity contribution in [1.29, 1.82) is 0 Å². The Bertz CT molecular complexity index is 900. The van der Waals surface area contributed by atoms with Crippen LogP contribution in [0, 0.1) is 15.9 Å². The van der Waals surface area contributed by atoms with E-state index in [-0.39, 0.29) is 22.7 Å². The van der Waals surface area contributed by atoms with Gasteiger partial charge in [-0.1, -0.05) is 11.3 Å². The molecule has 1 saturated heterocycles. The number of piperidine rings is 1. The maximum atomic E-state index is 12.9. The zero-order valence-corrected chi connectivity index (χ0v) is 14.0. The highest BCUT2D eigenvalue weighted by molar-refractivity contribution is 7.15. The number of thiazole rings is 1. The van der Waals surface area contributed by atoms with Crippen LogP contribution in [0.5, 0.6) is 5.75 Å². The molecule has 25 heavy (non-hydrogen) atoms. The highest BCUT2D eigenvalue weighted by Gasteiger charge is 2.31. The number of rotatable bonds is 4. The number of ether oxygens (including phenoxy) is 1. The molecule has 4 rings (SSSR count). The van der Waals surface area contributed by atoms with E-state index >= 15 is 0 Å². The summed E-state index contributed by atoms with van der Waals surface area (Å²) in [6.07, 6.45) is 3.11. The second kappa shape index (κ2) is 6.32. The molecule has 3 heterocycles. The van der Waals surface area contributed by atoms with E-state index in [2.05, 4.69) is 4.98 Å². The first-order valence-corrected chi connectivity index (χ1v) is 8.77. The molecule has 1 fully saturated rings. The Morgan fingerprint density at radius 2 is 2.00 bits per heavy atom. The predicted molar refractivity (Wildman–Crippen MR) is 92.0 cm³/mol. The lowest BCUT2D eigenvalue weighted by atomic mass is 10.1. The normalized spacial score (nSPS) is 15.6. The zero-order chi connectivity index (χ0) is 17.4. The molecule has 1 aliphatic rings. The SMILES string of the molecule is O=[N+]([O-])c1c(N2CCC(Oc3ccc(F)cc3)CC2)nc2sccn12. The molecular weight excluding hydrogens is 347 g/mol. The lowest BCUT2D eigenvalue weighted by Gasteiger charge is -2.31. The number of benzene rings is 1. The van der Waals surface area contributed by atoms with Gasteiger partial charge in [0.2, 0.25) is 5.82 Å². The Kier molecular flexibility index (Phi) is 4.00. The molecule has 7 nitrogen and oxygen atoms in total. The first kappa shape index (κ1) is 15.8. The number of fused-ring (bicyclic) bond motifs is 1. The molecule has 130 valence electrons. The van der Waals surface area contributed by atoms with E-state index in [9.17, 15) is 14.5 Å². The number of aromatic nitrogens is 2. The molecule has 2 aromatic heterocycles. The summed E-state index contributed by atoms with van der Waals surface area (Å²) in [5.41, 5.74) is 0. The highest BCUT2D eigenvalue weighted by Crippen LogP contribution is 2.33. The average Bonchev–Trinajstić information content (AvgIpc) is 3.18. The van der Waals surface area contributed by atoms with Crippen molar-refractivity contribution in [2.45, 2.75) is 18.9 Å². The van der Waals surface area contributed by atoms with Crippen LogP contribution in [-0.4, -0.2) is 33.5 Å². The summed E-state index contributed by atoms with van der Waals surface area (Å²) in [6.45, 7) is 1.25. The zero-order valence-electron chi connectivity index (χ0n) is 13.2. The molecule has 0 aliphatic carbocycles. The van der Waals surface area contributed by atoms with E-state index in [0.29, 0.717) is 29.6 Å². The number of nitrogens with zero attached hydrogens (tertiary/aromatic N) is 4. The highest BCUT2D eigenvalue weighted by atomic mass is 32.1. The number of hydrogen-bond donors (Lipinski definition) is 0. The minimum Gasteiger partial charge on any atom is -0.490 e. The van der Waals surface area contributed by atoms with Gasteiger partial charge < -0.3 is 19.8 Å². The Morgan fingerprint density at radius 3 is 2.68 bits per heavy atom. The topological polar surface area (TPSA) is 72.9 Å². The van der Waals surface area contributed by atoms with Crippen molar-refractivity contribution in [3.05, 3.63) is 51.8 Å². The molecule has 0 unspecified atom stereocenters. The second-order valence-electron chi connectivity index (χ2n) is 5.83. The fourth-order valence-corrected chi connectivity index (χ4v) is 3.74. The van der Waals surface area contributed by atoms with E-state index in [0.717, 1.165) is 12.8 Å². The second-order valence-corrected chi connectivity index (χ2v) is 6.70. The van der Waals surface area contributed by atoms with Gasteiger partial charge in [-0.15, -0.1) is 0 Å². The van der Waals surface area contributed by atoms with Crippen LogP contribution in [0.4, 0.5) is 16.0 Å². The van der Waals surface area contributed by atoms with Crippen LogP contribution in [-0.2, 0) is 0 Å². The largest absolute Gasteiger partial charge is 0.490 e. The van der Waals surface area contributed by atoms with Gasteiger partial charge in [0.1, 0.15) is 23.9 Å². The smallest absolute Gasteiger partial charge is 0.373 e. The number of imidazole rings is 1. The van der Waals surface area contributed by atoms with Crippen LogP contribution in [0.1, 0.15) is 12.8 Å². The van der Waals surface area contributed by atoms with Gasteiger partial charge in [0.25, 0.3) is 4.96 Å². The summed E-state index contributed by atoms with van der Waals surface area (Å²) in [5.74, 6) is 0.758. The summed E-state index contributed by atoms with van der Waals surface area (Å²) in [4.78, 5) is 18.0. The monoisotopic (exact) mass is 362 g/mol. The van der Waals surface area contributed by atoms with Crippen LogP contribution in [0.25, 0.3) is 4.96 Å². The van der Waals surface area contributed by atoms with Gasteiger partial charge in [0.05, 0.1) is 0 Å². The van der Waals surface area contributed by atoms with Crippen molar-refractivity contribution < 1.29 is 14.1 Å². The molecule has 0 saturated carbocycles. The van der Waals surface area contributed by atoms with Crippen molar-refractivity contribution in [2.24, 2.45) is 0 Å². The Morgan fingerprint density at radius 1 is 1.28 bits per heavy atom. The van der Waals surface area contributed by atoms with Crippen molar-refractivity contribution in [1.82, 2.24) is 9.38 Å². The maximum absolute atomic E-state index is 12.9. The van der Waals surface area contributed by atoms with Crippen molar-refractivity contribution in [2.75, 3.05) is 18.0 Å². The summed E-state index contributed by atoms with van der Waals surface area (Å²) >= 11 is 1.37. The van der Waals surface area contributed by atoms with Crippen LogP contribution in [0.2, 0.25) is 0 Å². The van der Waals surface area contributed by atoms with E-state index in [1.54, 1.807) is 23.7 Å². The maximum Gasteiger partial charge on any atom is 0.373 e. The standard InChI is InChI=1S/C16H15FN4O3S/c17-11-1-3-12(4-2-11)24-13-5-7-19(8-6-13)14-15(21(22)23)20-9-10-25-16(20)18-14/h1-4,9-10,13H,5-8H2. The van der Waals surface area contributed by atoms with E-state index in [1.807, 2.05) is 4.90 Å². The third-order valence-electron chi connectivity index (χ3n) is 4.25. The Labute approximate surface area is 146 Å². The van der Waals surface area contributed by atoms with Gasteiger partial charge in [-0.05, 0) is 29.2 Å². The fraction of sp³-hybridized carbons (Fsp3) is 0.312. The Balaban J connectivity index is 1.47. The van der Waals surface area contributed by atoms with E-state index in [4.69, 9.17) is 4.74 Å². The number of anilines is 1. The number of halogens is 1. The first-order chi connectivity index (χ1) is 12.1. The molecule has 0 radical (unpaired) electrons. The molecule has 1 aromatic carbocycles. The van der Waals surface area contributed by atoms with Gasteiger partial charge in [-0.2, -0.15) is 9.38 Å². The van der Waals surface area contributed by atoms with Crippen molar-refractivity contribution in [3.63, 3.8) is 0 Å². The fourth-order valence-electron chi connectivity index (χ4n) is 3.04. The molecule has 0 spiro atoms. The number of hydrogen-bond acceptors (Lipinski definition) is 6. The van der Waals surface area contributed by atoms with Gasteiger partial charge in [0, 0.05) is 31.3 Å². The van der Waals surface area contributed by atoms with E-state index in [1.165, 1.54) is 27.9 Å². The average molecular weight is 362 g/mol. The predicted octanol–water partition coefficient (Wildman–Crippen LogP) is 3.49. The summed E-state index contributed by atoms with van der Waals surface area (Å²) in [6, 6.07) is 5.95. The molecular formula is C16H15FN4O3S. The Hall–Kier alpha value is -2.68. The lowest BCUT2D eigenvalue weighted by Crippen LogP contribution is -2.38. The minimum absolute atomic E-state index is 0.00417. The summed E-state index contributed by atoms with van der Waals surface area (Å²) in [7, 11) is 0.